The second kappa shape index (κ2) is 5.06. The van der Waals surface area contributed by atoms with Gasteiger partial charge in [0, 0.05) is 18.8 Å². The van der Waals surface area contributed by atoms with Gasteiger partial charge in [-0.3, -0.25) is 0 Å². The molecule has 4 nitrogen and oxygen atoms in total. The van der Waals surface area contributed by atoms with Crippen LogP contribution < -0.4 is 5.32 Å². The van der Waals surface area contributed by atoms with Gasteiger partial charge in [-0.15, -0.1) is 0 Å². The van der Waals surface area contributed by atoms with Gasteiger partial charge in [0.15, 0.2) is 0 Å². The Morgan fingerprint density at radius 1 is 1.47 bits per heavy atom. The predicted molar refractivity (Wildman–Crippen MR) is 71.2 cm³/mol. The van der Waals surface area contributed by atoms with Gasteiger partial charge in [0.2, 0.25) is 0 Å². The van der Waals surface area contributed by atoms with Crippen molar-refractivity contribution in [3.63, 3.8) is 0 Å². The molecule has 0 bridgehead atoms. The summed E-state index contributed by atoms with van der Waals surface area (Å²) in [5, 5.41) is 13.7. The zero-order valence-corrected chi connectivity index (χ0v) is 11.0. The zero-order chi connectivity index (χ0) is 13.3. The Labute approximate surface area is 112 Å². The molecule has 0 aromatic carbocycles. The van der Waals surface area contributed by atoms with E-state index < -0.39 is 5.67 Å². The van der Waals surface area contributed by atoms with E-state index in [0.717, 1.165) is 36.0 Å². The van der Waals surface area contributed by atoms with E-state index in [0.29, 0.717) is 25.8 Å². The minimum atomic E-state index is -1.26. The lowest BCUT2D eigenvalue weighted by Gasteiger charge is -2.20. The topological polar surface area (TPSA) is 48.4 Å². The number of rotatable bonds is 3. The van der Waals surface area contributed by atoms with Crippen molar-refractivity contribution in [2.75, 3.05) is 25.0 Å². The summed E-state index contributed by atoms with van der Waals surface area (Å²) in [6, 6.07) is 4.10. The van der Waals surface area contributed by atoms with Crippen molar-refractivity contribution in [1.82, 2.24) is 10.0 Å². The lowest BCUT2D eigenvalue weighted by molar-refractivity contribution is -0.0804. The maximum atomic E-state index is 14.3. The zero-order valence-electron chi connectivity index (χ0n) is 11.0. The third-order valence-electron chi connectivity index (χ3n) is 4.06. The molecular weight excluding hydrogens is 245 g/mol. The highest BCUT2D eigenvalue weighted by Gasteiger charge is 2.37. The first kappa shape index (κ1) is 12.8. The highest BCUT2D eigenvalue weighted by Crippen LogP contribution is 2.29. The maximum Gasteiger partial charge on any atom is 0.129 e. The SMILES string of the molecule is ON1CC[C@@](F)(CCc2ccc3c(n2)NCCC3)C1. The van der Waals surface area contributed by atoms with Crippen molar-refractivity contribution in [3.05, 3.63) is 23.4 Å². The molecule has 0 aliphatic carbocycles. The van der Waals surface area contributed by atoms with E-state index in [4.69, 9.17) is 0 Å². The fraction of sp³-hybridized carbons (Fsp3) is 0.643. The summed E-state index contributed by atoms with van der Waals surface area (Å²) < 4.78 is 14.3. The third kappa shape index (κ3) is 2.87. The minimum absolute atomic E-state index is 0.121. The first-order valence-electron chi connectivity index (χ1n) is 7.00. The van der Waals surface area contributed by atoms with Crippen LogP contribution in [0.2, 0.25) is 0 Å². The number of halogens is 1. The molecule has 0 saturated carbocycles. The fourth-order valence-electron chi connectivity index (χ4n) is 2.88. The van der Waals surface area contributed by atoms with Crippen LogP contribution in [0.5, 0.6) is 0 Å². The van der Waals surface area contributed by atoms with Crippen LogP contribution in [-0.4, -0.2) is 40.6 Å². The number of hydrogen-bond acceptors (Lipinski definition) is 4. The number of alkyl halides is 1. The van der Waals surface area contributed by atoms with Gasteiger partial charge in [0.1, 0.15) is 11.5 Å². The van der Waals surface area contributed by atoms with Crippen LogP contribution in [0.3, 0.4) is 0 Å². The van der Waals surface area contributed by atoms with Gasteiger partial charge in [-0.2, -0.15) is 5.06 Å². The van der Waals surface area contributed by atoms with E-state index >= 15 is 0 Å². The Kier molecular flexibility index (Phi) is 3.41. The second-order valence-corrected chi connectivity index (χ2v) is 5.63. The molecule has 1 aromatic rings. The van der Waals surface area contributed by atoms with Crippen molar-refractivity contribution in [1.29, 1.82) is 0 Å². The summed E-state index contributed by atoms with van der Waals surface area (Å²) in [5.74, 6) is 0.965. The Morgan fingerprint density at radius 2 is 2.37 bits per heavy atom. The Balaban J connectivity index is 1.64. The van der Waals surface area contributed by atoms with Crippen molar-refractivity contribution >= 4 is 5.82 Å². The van der Waals surface area contributed by atoms with Gasteiger partial charge in [0.25, 0.3) is 0 Å². The van der Waals surface area contributed by atoms with E-state index in [1.165, 1.54) is 5.56 Å². The van der Waals surface area contributed by atoms with E-state index in [9.17, 15) is 9.60 Å². The summed E-state index contributed by atoms with van der Waals surface area (Å²) in [5.41, 5.74) is 0.925. The van der Waals surface area contributed by atoms with Crippen LogP contribution in [-0.2, 0) is 12.8 Å². The molecule has 2 N–H and O–H groups in total. The number of hydroxylamine groups is 2. The Bertz CT molecular complexity index is 468. The van der Waals surface area contributed by atoms with Crippen LogP contribution in [0.25, 0.3) is 0 Å². The maximum absolute atomic E-state index is 14.3. The molecule has 0 spiro atoms. The molecule has 1 fully saturated rings. The fourth-order valence-corrected chi connectivity index (χ4v) is 2.88. The van der Waals surface area contributed by atoms with E-state index in [1.807, 2.05) is 6.07 Å². The molecule has 3 rings (SSSR count). The lowest BCUT2D eigenvalue weighted by atomic mass is 9.97. The number of nitrogens with one attached hydrogen (secondary N) is 1. The van der Waals surface area contributed by atoms with Crippen LogP contribution in [0.4, 0.5) is 10.2 Å². The molecule has 3 heterocycles. The summed E-state index contributed by atoms with van der Waals surface area (Å²) in [6.07, 6.45) is 3.68. The normalized spacial score (nSPS) is 27.1. The van der Waals surface area contributed by atoms with Gasteiger partial charge in [-0.05, 0) is 43.7 Å². The summed E-state index contributed by atoms with van der Waals surface area (Å²) in [6.45, 7) is 1.52. The average molecular weight is 265 g/mol. The number of aromatic nitrogens is 1. The van der Waals surface area contributed by atoms with Crippen molar-refractivity contribution in [2.45, 2.75) is 37.8 Å². The molecule has 1 saturated heterocycles. The van der Waals surface area contributed by atoms with Crippen molar-refractivity contribution < 1.29 is 9.60 Å². The van der Waals surface area contributed by atoms with E-state index in [1.54, 1.807) is 0 Å². The predicted octanol–water partition coefficient (Wildman–Crippen LogP) is 2.18. The average Bonchev–Trinajstić information content (AvgIpc) is 2.77. The van der Waals surface area contributed by atoms with Crippen LogP contribution in [0.1, 0.15) is 30.5 Å². The van der Waals surface area contributed by atoms with Crippen molar-refractivity contribution in [2.24, 2.45) is 0 Å². The van der Waals surface area contributed by atoms with Crippen LogP contribution in [0.15, 0.2) is 12.1 Å². The summed E-state index contributed by atoms with van der Waals surface area (Å²) >= 11 is 0. The number of hydrogen-bond donors (Lipinski definition) is 2. The summed E-state index contributed by atoms with van der Waals surface area (Å²) in [7, 11) is 0. The highest BCUT2D eigenvalue weighted by atomic mass is 19.1. The highest BCUT2D eigenvalue weighted by molar-refractivity contribution is 5.47. The molecule has 1 aromatic heterocycles. The second-order valence-electron chi connectivity index (χ2n) is 5.63. The first-order chi connectivity index (χ1) is 9.15. The first-order valence-corrected chi connectivity index (χ1v) is 7.00. The van der Waals surface area contributed by atoms with Gasteiger partial charge < -0.3 is 10.5 Å². The molecule has 0 unspecified atom stereocenters. The molecule has 2 aliphatic heterocycles. The molecule has 19 heavy (non-hydrogen) atoms. The number of fused-ring (bicyclic) bond motifs is 1. The molecule has 5 heteroatoms. The number of pyridine rings is 1. The molecule has 104 valence electrons. The number of nitrogens with zero attached hydrogens (tertiary/aromatic N) is 2. The van der Waals surface area contributed by atoms with E-state index in [2.05, 4.69) is 16.4 Å². The van der Waals surface area contributed by atoms with Gasteiger partial charge >= 0.3 is 0 Å². The minimum Gasteiger partial charge on any atom is -0.370 e. The molecular formula is C14H20FN3O. The standard InChI is InChI=1S/C14H20FN3O/c15-14(7-9-18(19)10-14)6-5-12-4-3-11-2-1-8-16-13(11)17-12/h3-4,19H,1-2,5-10H2,(H,16,17)/t14-/m0/s1. The smallest absolute Gasteiger partial charge is 0.129 e. The largest absolute Gasteiger partial charge is 0.370 e. The Morgan fingerprint density at radius 3 is 3.16 bits per heavy atom. The quantitative estimate of drug-likeness (QED) is 0.879. The molecule has 2 aliphatic rings. The Hall–Kier alpha value is -1.20. The monoisotopic (exact) mass is 265 g/mol. The van der Waals surface area contributed by atoms with Gasteiger partial charge in [0.05, 0.1) is 6.54 Å². The summed E-state index contributed by atoms with van der Waals surface area (Å²) in [4.78, 5) is 4.57. The molecule has 1 atom stereocenters. The third-order valence-corrected chi connectivity index (χ3v) is 4.06. The van der Waals surface area contributed by atoms with Crippen molar-refractivity contribution in [3.8, 4) is 0 Å². The number of aryl methyl sites for hydroxylation is 2. The van der Waals surface area contributed by atoms with Crippen LogP contribution in [0, 0.1) is 0 Å². The van der Waals surface area contributed by atoms with E-state index in [-0.39, 0.29) is 6.54 Å². The van der Waals surface area contributed by atoms with Gasteiger partial charge in [-0.1, -0.05) is 6.07 Å². The molecule has 0 amide bonds. The molecule has 0 radical (unpaired) electrons. The van der Waals surface area contributed by atoms with Gasteiger partial charge in [-0.25, -0.2) is 9.37 Å². The lowest BCUT2D eigenvalue weighted by Crippen LogP contribution is -2.28. The number of anilines is 1. The van der Waals surface area contributed by atoms with Crippen LogP contribution >= 0.6 is 0 Å².